The van der Waals surface area contributed by atoms with E-state index in [1.807, 2.05) is 0 Å². The molecule has 23 heavy (non-hydrogen) atoms. The number of likely N-dealkylation sites (tertiary alicyclic amines) is 1. The van der Waals surface area contributed by atoms with Crippen molar-refractivity contribution in [3.63, 3.8) is 0 Å². The summed E-state index contributed by atoms with van der Waals surface area (Å²) in [5.74, 6) is -3.66. The van der Waals surface area contributed by atoms with E-state index in [-0.39, 0.29) is 15.9 Å². The molecule has 0 aliphatic carbocycles. The van der Waals surface area contributed by atoms with Crippen molar-refractivity contribution in [2.45, 2.75) is 25.7 Å². The van der Waals surface area contributed by atoms with Gasteiger partial charge in [-0.05, 0) is 18.4 Å². The van der Waals surface area contributed by atoms with Crippen LogP contribution in [-0.4, -0.2) is 51.8 Å². The van der Waals surface area contributed by atoms with Crippen molar-refractivity contribution in [1.82, 2.24) is 19.9 Å². The Morgan fingerprint density at radius 3 is 3.43 bits per heavy atom. The minimum absolute atomic E-state index is 0.0406. The van der Waals surface area contributed by atoms with Gasteiger partial charge >= 0.3 is 0 Å². The normalized spacial score (nSPS) is 33.7. The second-order valence-corrected chi connectivity index (χ2v) is 4.86. The maximum Gasteiger partial charge on any atom is 0.236 e. The van der Waals surface area contributed by atoms with Crippen LogP contribution >= 0.6 is 0 Å². The lowest BCUT2D eigenvalue weighted by Crippen LogP contribution is -2.52. The van der Waals surface area contributed by atoms with Crippen LogP contribution in [0.1, 0.15) is 34.8 Å². The standard InChI is InChI=1S/C16H20N6O/c1-11-5-8-22(14(23)3-6-17)9-13(11)21(2)16-12-4-7-18-15(12)19-10-20-16/h4,7,10-11,13H,3,5,8-9H2,1-2H3,(H,18,19,20)/t11-,13+/m1/s1/i1D3,2D3,8D2,9D2,10D. The van der Waals surface area contributed by atoms with E-state index in [2.05, 4.69) is 15.0 Å². The molecular formula is C16H20N6O. The highest BCUT2D eigenvalue weighted by Gasteiger charge is 2.32. The second-order valence-electron chi connectivity index (χ2n) is 4.86. The first-order valence-corrected chi connectivity index (χ1v) is 6.74. The summed E-state index contributed by atoms with van der Waals surface area (Å²) in [5.41, 5.74) is 0.0406. The van der Waals surface area contributed by atoms with E-state index in [0.29, 0.717) is 4.90 Å². The number of fused-ring (bicyclic) bond motifs is 1. The Morgan fingerprint density at radius 2 is 2.65 bits per heavy atom. The van der Waals surface area contributed by atoms with Crippen LogP contribution < -0.4 is 4.90 Å². The zero-order valence-corrected chi connectivity index (χ0v) is 11.9. The molecule has 0 bridgehead atoms. The zero-order valence-electron chi connectivity index (χ0n) is 22.9. The van der Waals surface area contributed by atoms with Gasteiger partial charge in [-0.15, -0.1) is 0 Å². The Morgan fingerprint density at radius 1 is 1.74 bits per heavy atom. The van der Waals surface area contributed by atoms with E-state index in [9.17, 15) is 4.79 Å². The van der Waals surface area contributed by atoms with Crippen LogP contribution in [0.5, 0.6) is 0 Å². The number of hydrogen-bond acceptors (Lipinski definition) is 5. The number of likely N-dealkylation sites (N-methyl/N-ethyl adjacent to an activating group) is 1. The molecule has 2 aromatic rings. The third-order valence-electron chi connectivity index (χ3n) is 3.38. The predicted octanol–water partition coefficient (Wildman–Crippen LogP) is 1.54. The summed E-state index contributed by atoms with van der Waals surface area (Å²) in [7, 11) is 0. The van der Waals surface area contributed by atoms with Crippen molar-refractivity contribution in [2.75, 3.05) is 24.9 Å². The first kappa shape index (κ1) is 6.87. The molecule has 2 aromatic heterocycles. The van der Waals surface area contributed by atoms with Gasteiger partial charge in [0.05, 0.1) is 20.2 Å². The number of carbonyl (C=O) groups excluding carboxylic acids is 1. The van der Waals surface area contributed by atoms with Crippen LogP contribution in [0.4, 0.5) is 5.82 Å². The lowest BCUT2D eigenvalue weighted by molar-refractivity contribution is -0.131. The Labute approximate surface area is 150 Å². The molecule has 7 heteroatoms. The Hall–Kier alpha value is -2.62. The van der Waals surface area contributed by atoms with Crippen molar-refractivity contribution in [3.8, 4) is 6.07 Å². The molecule has 0 spiro atoms. The van der Waals surface area contributed by atoms with Gasteiger partial charge in [-0.3, -0.25) is 4.79 Å². The van der Waals surface area contributed by atoms with Gasteiger partial charge in [0.2, 0.25) is 5.91 Å². The fraction of sp³-hybridized carbons (Fsp3) is 0.500. The molecule has 3 heterocycles. The van der Waals surface area contributed by atoms with Crippen molar-refractivity contribution in [1.29, 1.82) is 5.26 Å². The van der Waals surface area contributed by atoms with Crippen molar-refractivity contribution >= 4 is 22.8 Å². The third kappa shape index (κ3) is 2.84. The molecule has 7 nitrogen and oxygen atoms in total. The molecule has 1 aliphatic rings. The number of aromatic amines is 1. The number of aromatic nitrogens is 3. The summed E-state index contributed by atoms with van der Waals surface area (Å²) >= 11 is 0. The van der Waals surface area contributed by atoms with Crippen LogP contribution in [0.25, 0.3) is 11.0 Å². The van der Waals surface area contributed by atoms with E-state index < -0.39 is 69.7 Å². The fourth-order valence-corrected chi connectivity index (χ4v) is 2.25. The first-order chi connectivity index (χ1) is 15.4. The van der Waals surface area contributed by atoms with Gasteiger partial charge in [-0.25, -0.2) is 9.97 Å². The number of nitriles is 1. The molecule has 1 fully saturated rings. The van der Waals surface area contributed by atoms with Crippen LogP contribution in [-0.2, 0) is 4.79 Å². The van der Waals surface area contributed by atoms with Gasteiger partial charge in [0.1, 0.15) is 25.6 Å². The van der Waals surface area contributed by atoms with Gasteiger partial charge in [-0.1, -0.05) is 6.85 Å². The van der Waals surface area contributed by atoms with Gasteiger partial charge in [0.15, 0.2) is 0 Å². The van der Waals surface area contributed by atoms with E-state index in [1.165, 1.54) is 18.3 Å². The molecule has 1 amide bonds. The number of carbonyl (C=O) groups is 1. The maximum atomic E-state index is 12.6. The summed E-state index contributed by atoms with van der Waals surface area (Å²) in [6.07, 6.45) is -1.11. The van der Waals surface area contributed by atoms with E-state index >= 15 is 0 Å². The lowest BCUT2D eigenvalue weighted by Gasteiger charge is -2.42. The lowest BCUT2D eigenvalue weighted by atomic mass is 9.92. The Kier molecular flexibility index (Phi) is 1.87. The van der Waals surface area contributed by atoms with Crippen LogP contribution in [0.2, 0.25) is 0 Å². The highest BCUT2D eigenvalue weighted by molar-refractivity contribution is 5.87. The predicted molar refractivity (Wildman–Crippen MR) is 86.7 cm³/mol. The Balaban J connectivity index is 2.35. The van der Waals surface area contributed by atoms with Crippen LogP contribution in [0.15, 0.2) is 18.6 Å². The summed E-state index contributed by atoms with van der Waals surface area (Å²) in [6, 6.07) is 0.710. The van der Waals surface area contributed by atoms with Gasteiger partial charge in [0, 0.05) is 37.1 Å². The van der Waals surface area contributed by atoms with Crippen LogP contribution in [0, 0.1) is 17.2 Å². The molecule has 120 valence electrons. The van der Waals surface area contributed by atoms with Crippen molar-refractivity contribution in [2.24, 2.45) is 5.92 Å². The summed E-state index contributed by atoms with van der Waals surface area (Å²) < 4.78 is 89.9. The molecule has 2 atom stereocenters. The number of H-pyrrole nitrogens is 1. The smallest absolute Gasteiger partial charge is 0.236 e. The molecule has 1 N–H and O–H groups in total. The molecule has 0 aromatic carbocycles. The largest absolute Gasteiger partial charge is 0.354 e. The second kappa shape index (κ2) is 6.24. The quantitative estimate of drug-likeness (QED) is 0.925. The number of nitrogens with one attached hydrogen (secondary N) is 1. The SMILES string of the molecule is [2H]c1nc(N([C@@H]2[C@H](C([2H])([2H])[2H])CC([2H])([2H])N(C(=O)CC#N)C2([2H])[2H])C([2H])([2H])[2H])c2cc[nH]c2n1. The number of rotatable bonds is 3. The number of amides is 1. The van der Waals surface area contributed by atoms with E-state index in [0.717, 1.165) is 0 Å². The van der Waals surface area contributed by atoms with Gasteiger partial charge in [0.25, 0.3) is 0 Å². The van der Waals surface area contributed by atoms with Crippen LogP contribution in [0.3, 0.4) is 0 Å². The van der Waals surface area contributed by atoms with Gasteiger partial charge in [-0.2, -0.15) is 5.26 Å². The minimum atomic E-state index is -3.24. The average molecular weight is 323 g/mol. The number of anilines is 1. The summed E-state index contributed by atoms with van der Waals surface area (Å²) in [4.78, 5) is 23.5. The van der Waals surface area contributed by atoms with E-state index in [1.54, 1.807) is 0 Å². The molecule has 1 saturated heterocycles. The molecular weight excluding hydrogens is 292 g/mol. The topological polar surface area (TPSA) is 88.9 Å². The molecule has 0 unspecified atom stereocenters. The average Bonchev–Trinajstić information content (AvgIpc) is 3.09. The van der Waals surface area contributed by atoms with Crippen molar-refractivity contribution in [3.05, 3.63) is 18.6 Å². The minimum Gasteiger partial charge on any atom is -0.354 e. The van der Waals surface area contributed by atoms with Crippen molar-refractivity contribution < 1.29 is 19.9 Å². The molecule has 1 aliphatic heterocycles. The third-order valence-corrected chi connectivity index (χ3v) is 3.38. The highest BCUT2D eigenvalue weighted by Crippen LogP contribution is 2.28. The molecule has 0 radical (unpaired) electrons. The molecule has 0 saturated carbocycles. The van der Waals surface area contributed by atoms with Gasteiger partial charge < -0.3 is 14.8 Å². The number of piperidine rings is 1. The maximum absolute atomic E-state index is 12.6. The Bertz CT molecular complexity index is 1140. The summed E-state index contributed by atoms with van der Waals surface area (Å²) in [6.45, 7) is -12.4. The first-order valence-electron chi connectivity index (χ1n) is 12.2. The highest BCUT2D eigenvalue weighted by atomic mass is 16.2. The number of nitrogens with zero attached hydrogens (tertiary/aromatic N) is 5. The molecule has 3 rings (SSSR count). The zero-order chi connectivity index (χ0) is 25.9. The number of hydrogen-bond donors (Lipinski definition) is 1. The van der Waals surface area contributed by atoms with E-state index in [4.69, 9.17) is 20.3 Å². The summed E-state index contributed by atoms with van der Waals surface area (Å²) in [5, 5.41) is 8.97. The fourth-order valence-electron chi connectivity index (χ4n) is 2.25. The monoisotopic (exact) mass is 323 g/mol.